The smallest absolute Gasteiger partial charge is 0.272 e. The normalized spacial score (nSPS) is 15.4. The Balaban J connectivity index is 1.88. The second kappa shape index (κ2) is 5.15. The Labute approximate surface area is 124 Å². The topological polar surface area (TPSA) is 66.6 Å². The van der Waals surface area contributed by atoms with Crippen LogP contribution in [0.25, 0.3) is 5.52 Å². The highest BCUT2D eigenvalue weighted by atomic mass is 16.3. The third kappa shape index (κ3) is 2.78. The lowest BCUT2D eigenvalue weighted by atomic mass is 9.95. The summed E-state index contributed by atoms with van der Waals surface area (Å²) in [5.74, 6) is 1.29. The number of aliphatic hydroxyl groups is 1. The van der Waals surface area contributed by atoms with Crippen LogP contribution in [-0.2, 0) is 0 Å². The number of aromatic nitrogens is 2. The number of hydrogen-bond acceptors (Lipinski definition) is 3. The summed E-state index contributed by atoms with van der Waals surface area (Å²) in [6.45, 7) is 4.28. The zero-order valence-corrected chi connectivity index (χ0v) is 12.5. The number of carbonyl (C=O) groups excluding carboxylic acids is 1. The van der Waals surface area contributed by atoms with Gasteiger partial charge in [-0.2, -0.15) is 0 Å². The molecule has 0 aliphatic heterocycles. The molecule has 1 aliphatic carbocycles. The van der Waals surface area contributed by atoms with Crippen molar-refractivity contribution in [2.75, 3.05) is 13.2 Å². The maximum absolute atomic E-state index is 12.4. The standard InChI is InChI=1S/C16H21N3O2/c1-16(2,10-20)9-17-15(21)13-12-5-3-4-8-19(12)14(18-13)11-6-7-11/h3-5,8,11,20H,6-7,9-10H2,1-2H3,(H,17,21). The van der Waals surface area contributed by atoms with Crippen molar-refractivity contribution in [1.82, 2.24) is 14.7 Å². The minimum absolute atomic E-state index is 0.0323. The molecule has 0 aromatic carbocycles. The Morgan fingerprint density at radius 1 is 1.48 bits per heavy atom. The summed E-state index contributed by atoms with van der Waals surface area (Å²) < 4.78 is 2.02. The maximum atomic E-state index is 12.4. The van der Waals surface area contributed by atoms with Gasteiger partial charge in [-0.05, 0) is 25.0 Å². The van der Waals surface area contributed by atoms with E-state index in [1.54, 1.807) is 0 Å². The molecule has 5 heteroatoms. The number of imidazole rings is 1. The molecule has 2 heterocycles. The van der Waals surface area contributed by atoms with Crippen LogP contribution in [0.1, 0.15) is 48.9 Å². The van der Waals surface area contributed by atoms with Crippen LogP contribution in [0, 0.1) is 5.41 Å². The van der Waals surface area contributed by atoms with E-state index in [9.17, 15) is 9.90 Å². The molecule has 0 spiro atoms. The van der Waals surface area contributed by atoms with Crippen LogP contribution in [-0.4, -0.2) is 33.6 Å². The Morgan fingerprint density at radius 2 is 2.24 bits per heavy atom. The van der Waals surface area contributed by atoms with E-state index >= 15 is 0 Å². The van der Waals surface area contributed by atoms with Gasteiger partial charge < -0.3 is 14.8 Å². The van der Waals surface area contributed by atoms with Crippen LogP contribution in [0.4, 0.5) is 0 Å². The molecule has 0 saturated heterocycles. The average molecular weight is 287 g/mol. The molecule has 0 radical (unpaired) electrons. The lowest BCUT2D eigenvalue weighted by Crippen LogP contribution is -2.36. The number of hydrogen-bond donors (Lipinski definition) is 2. The predicted octanol–water partition coefficient (Wildman–Crippen LogP) is 1.96. The molecule has 21 heavy (non-hydrogen) atoms. The molecule has 1 saturated carbocycles. The van der Waals surface area contributed by atoms with Crippen LogP contribution < -0.4 is 5.32 Å². The van der Waals surface area contributed by atoms with Gasteiger partial charge in [-0.25, -0.2) is 4.98 Å². The van der Waals surface area contributed by atoms with Gasteiger partial charge in [0.2, 0.25) is 0 Å². The van der Waals surface area contributed by atoms with E-state index in [-0.39, 0.29) is 17.9 Å². The fourth-order valence-electron chi connectivity index (χ4n) is 2.32. The number of aliphatic hydroxyl groups excluding tert-OH is 1. The Hall–Kier alpha value is -1.88. The highest BCUT2D eigenvalue weighted by molar-refractivity contribution is 5.99. The van der Waals surface area contributed by atoms with Gasteiger partial charge in [0, 0.05) is 30.7 Å². The zero-order chi connectivity index (χ0) is 15.0. The van der Waals surface area contributed by atoms with Crippen molar-refractivity contribution in [1.29, 1.82) is 0 Å². The van der Waals surface area contributed by atoms with Gasteiger partial charge in [0.05, 0.1) is 5.52 Å². The van der Waals surface area contributed by atoms with Gasteiger partial charge in [-0.3, -0.25) is 4.79 Å². The van der Waals surface area contributed by atoms with E-state index in [2.05, 4.69) is 10.3 Å². The van der Waals surface area contributed by atoms with Crippen LogP contribution in [0.2, 0.25) is 0 Å². The van der Waals surface area contributed by atoms with Crippen LogP contribution in [0.3, 0.4) is 0 Å². The maximum Gasteiger partial charge on any atom is 0.272 e. The fourth-order valence-corrected chi connectivity index (χ4v) is 2.32. The van der Waals surface area contributed by atoms with Gasteiger partial charge in [0.15, 0.2) is 5.69 Å². The number of carbonyl (C=O) groups is 1. The molecule has 1 amide bonds. The Kier molecular flexibility index (Phi) is 3.45. The molecule has 1 fully saturated rings. The van der Waals surface area contributed by atoms with Crippen LogP contribution in [0.15, 0.2) is 24.4 Å². The van der Waals surface area contributed by atoms with Crippen LogP contribution in [0.5, 0.6) is 0 Å². The number of fused-ring (bicyclic) bond motifs is 1. The fraction of sp³-hybridized carbons (Fsp3) is 0.500. The quantitative estimate of drug-likeness (QED) is 0.883. The molecule has 2 aromatic heterocycles. The third-order valence-corrected chi connectivity index (χ3v) is 3.89. The molecular weight excluding hydrogens is 266 g/mol. The second-order valence-corrected chi connectivity index (χ2v) is 6.55. The summed E-state index contributed by atoms with van der Waals surface area (Å²) in [5.41, 5.74) is 0.995. The number of nitrogens with one attached hydrogen (secondary N) is 1. The van der Waals surface area contributed by atoms with E-state index < -0.39 is 0 Å². The van der Waals surface area contributed by atoms with Crippen molar-refractivity contribution in [2.45, 2.75) is 32.6 Å². The Bertz CT molecular complexity index is 671. The molecule has 1 aliphatic rings. The van der Waals surface area contributed by atoms with Gasteiger partial charge in [-0.1, -0.05) is 19.9 Å². The van der Waals surface area contributed by atoms with Crippen molar-refractivity contribution in [3.8, 4) is 0 Å². The minimum Gasteiger partial charge on any atom is -0.396 e. The lowest BCUT2D eigenvalue weighted by Gasteiger charge is -2.21. The number of amides is 1. The zero-order valence-electron chi connectivity index (χ0n) is 12.5. The van der Waals surface area contributed by atoms with E-state index in [0.717, 1.165) is 24.2 Å². The molecule has 2 aromatic rings. The summed E-state index contributed by atoms with van der Waals surface area (Å²) in [6, 6.07) is 5.80. The Morgan fingerprint density at radius 3 is 2.90 bits per heavy atom. The largest absolute Gasteiger partial charge is 0.396 e. The van der Waals surface area contributed by atoms with Gasteiger partial charge in [0.25, 0.3) is 5.91 Å². The first-order chi connectivity index (χ1) is 10.0. The van der Waals surface area contributed by atoms with Crippen LogP contribution >= 0.6 is 0 Å². The van der Waals surface area contributed by atoms with Crippen molar-refractivity contribution >= 4 is 11.4 Å². The second-order valence-electron chi connectivity index (χ2n) is 6.55. The third-order valence-electron chi connectivity index (χ3n) is 3.89. The minimum atomic E-state index is -0.329. The first kappa shape index (κ1) is 14.1. The summed E-state index contributed by atoms with van der Waals surface area (Å²) >= 11 is 0. The lowest BCUT2D eigenvalue weighted by molar-refractivity contribution is 0.0908. The summed E-state index contributed by atoms with van der Waals surface area (Å²) in [4.78, 5) is 17.0. The van der Waals surface area contributed by atoms with E-state index in [1.165, 1.54) is 0 Å². The summed E-state index contributed by atoms with van der Waals surface area (Å²) in [6.07, 6.45) is 4.25. The average Bonchev–Trinajstić information content (AvgIpc) is 3.26. The molecule has 0 unspecified atom stereocenters. The molecular formula is C16H21N3O2. The molecule has 0 bridgehead atoms. The van der Waals surface area contributed by atoms with Crippen molar-refractivity contribution in [3.63, 3.8) is 0 Å². The van der Waals surface area contributed by atoms with Gasteiger partial charge in [0.1, 0.15) is 5.82 Å². The predicted molar refractivity (Wildman–Crippen MR) is 80.4 cm³/mol. The van der Waals surface area contributed by atoms with Crippen molar-refractivity contribution in [2.24, 2.45) is 5.41 Å². The number of rotatable bonds is 5. The van der Waals surface area contributed by atoms with E-state index in [1.807, 2.05) is 42.6 Å². The van der Waals surface area contributed by atoms with E-state index in [0.29, 0.717) is 18.2 Å². The highest BCUT2D eigenvalue weighted by Crippen LogP contribution is 2.39. The van der Waals surface area contributed by atoms with Gasteiger partial charge in [-0.15, -0.1) is 0 Å². The number of nitrogens with zero attached hydrogens (tertiary/aromatic N) is 2. The molecule has 3 rings (SSSR count). The molecule has 2 N–H and O–H groups in total. The summed E-state index contributed by atoms with van der Waals surface area (Å²) in [7, 11) is 0. The molecule has 112 valence electrons. The monoisotopic (exact) mass is 287 g/mol. The van der Waals surface area contributed by atoms with Crippen molar-refractivity contribution in [3.05, 3.63) is 35.9 Å². The first-order valence-electron chi connectivity index (χ1n) is 7.38. The number of pyridine rings is 1. The van der Waals surface area contributed by atoms with Gasteiger partial charge >= 0.3 is 0 Å². The van der Waals surface area contributed by atoms with Crippen molar-refractivity contribution < 1.29 is 9.90 Å². The molecule has 5 nitrogen and oxygen atoms in total. The highest BCUT2D eigenvalue weighted by Gasteiger charge is 2.30. The SMILES string of the molecule is CC(C)(CO)CNC(=O)c1nc(C2CC2)n2ccccc12. The van der Waals surface area contributed by atoms with E-state index in [4.69, 9.17) is 0 Å². The summed E-state index contributed by atoms with van der Waals surface area (Å²) in [5, 5.41) is 12.1. The first-order valence-corrected chi connectivity index (χ1v) is 7.38. The molecule has 0 atom stereocenters.